The minimum absolute atomic E-state index is 0.00585. The molecule has 1 aliphatic heterocycles. The van der Waals surface area contributed by atoms with Crippen molar-refractivity contribution >= 4 is 22.4 Å². The molecule has 1 aliphatic rings. The van der Waals surface area contributed by atoms with Crippen LogP contribution in [0.4, 0.5) is 5.69 Å². The van der Waals surface area contributed by atoms with Crippen LogP contribution in [0.1, 0.15) is 10.4 Å². The molecule has 1 amide bonds. The van der Waals surface area contributed by atoms with E-state index in [1.165, 1.54) is 23.8 Å². The Kier molecular flexibility index (Phi) is 3.93. The third-order valence-corrected chi connectivity index (χ3v) is 4.53. The lowest BCUT2D eigenvalue weighted by Crippen LogP contribution is -2.48. The van der Waals surface area contributed by atoms with Crippen molar-refractivity contribution < 1.29 is 9.90 Å². The van der Waals surface area contributed by atoms with E-state index in [-0.39, 0.29) is 11.7 Å². The standard InChI is InChI=1S/C19H18N4O2/c24-16-9-15(11-20-12-16)19(25)23-7-5-22(6-8-23)18-13-21-10-14-3-1-2-4-17(14)18/h1-4,9-13,24H,5-8H2. The van der Waals surface area contributed by atoms with Crippen molar-refractivity contribution in [3.8, 4) is 5.75 Å². The first kappa shape index (κ1) is 15.4. The number of carbonyl (C=O) groups is 1. The molecule has 2 aromatic heterocycles. The van der Waals surface area contributed by atoms with Gasteiger partial charge in [0.25, 0.3) is 5.91 Å². The summed E-state index contributed by atoms with van der Waals surface area (Å²) in [6, 6.07) is 9.65. The molecule has 0 bridgehead atoms. The third-order valence-electron chi connectivity index (χ3n) is 4.53. The fourth-order valence-corrected chi connectivity index (χ4v) is 3.23. The number of amides is 1. The summed E-state index contributed by atoms with van der Waals surface area (Å²) in [7, 11) is 0. The van der Waals surface area contributed by atoms with E-state index in [1.54, 1.807) is 4.90 Å². The lowest BCUT2D eigenvalue weighted by Gasteiger charge is -2.36. The predicted octanol–water partition coefficient (Wildman–Crippen LogP) is 2.30. The maximum absolute atomic E-state index is 12.6. The monoisotopic (exact) mass is 334 g/mol. The molecule has 0 saturated carbocycles. The number of nitrogens with zero attached hydrogens (tertiary/aromatic N) is 4. The second-order valence-corrected chi connectivity index (χ2v) is 6.09. The Morgan fingerprint density at radius 2 is 1.72 bits per heavy atom. The molecule has 126 valence electrons. The molecule has 1 fully saturated rings. The Morgan fingerprint density at radius 1 is 0.960 bits per heavy atom. The minimum atomic E-state index is -0.0981. The van der Waals surface area contributed by atoms with E-state index in [4.69, 9.17) is 0 Å². The first-order valence-corrected chi connectivity index (χ1v) is 8.23. The number of hydrogen-bond acceptors (Lipinski definition) is 5. The van der Waals surface area contributed by atoms with Gasteiger partial charge in [0.1, 0.15) is 5.75 Å². The maximum Gasteiger partial charge on any atom is 0.255 e. The van der Waals surface area contributed by atoms with Gasteiger partial charge in [-0.15, -0.1) is 0 Å². The highest BCUT2D eigenvalue weighted by Crippen LogP contribution is 2.26. The quantitative estimate of drug-likeness (QED) is 0.779. The normalized spacial score (nSPS) is 14.7. The number of aromatic nitrogens is 2. The number of anilines is 1. The van der Waals surface area contributed by atoms with Crippen LogP contribution in [0.2, 0.25) is 0 Å². The third kappa shape index (κ3) is 2.98. The van der Waals surface area contributed by atoms with Gasteiger partial charge in [-0.25, -0.2) is 0 Å². The lowest BCUT2D eigenvalue weighted by molar-refractivity contribution is 0.0746. The fourth-order valence-electron chi connectivity index (χ4n) is 3.23. The zero-order chi connectivity index (χ0) is 17.2. The molecular weight excluding hydrogens is 316 g/mol. The van der Waals surface area contributed by atoms with Gasteiger partial charge < -0.3 is 14.9 Å². The minimum Gasteiger partial charge on any atom is -0.506 e. The van der Waals surface area contributed by atoms with Gasteiger partial charge in [-0.05, 0) is 6.07 Å². The molecule has 3 aromatic rings. The highest BCUT2D eigenvalue weighted by Gasteiger charge is 2.23. The van der Waals surface area contributed by atoms with Gasteiger partial charge in [0.15, 0.2) is 0 Å². The molecule has 0 unspecified atom stereocenters. The number of rotatable bonds is 2. The largest absolute Gasteiger partial charge is 0.506 e. The van der Waals surface area contributed by atoms with Gasteiger partial charge in [0.2, 0.25) is 0 Å². The maximum atomic E-state index is 12.6. The van der Waals surface area contributed by atoms with Crippen molar-refractivity contribution in [2.75, 3.05) is 31.1 Å². The van der Waals surface area contributed by atoms with Crippen molar-refractivity contribution in [2.45, 2.75) is 0 Å². The summed E-state index contributed by atoms with van der Waals surface area (Å²) < 4.78 is 0. The number of pyridine rings is 2. The summed E-state index contributed by atoms with van der Waals surface area (Å²) in [6.45, 7) is 2.73. The highest BCUT2D eigenvalue weighted by molar-refractivity contribution is 5.95. The summed E-state index contributed by atoms with van der Waals surface area (Å²) in [4.78, 5) is 24.8. The average molecular weight is 334 g/mol. The molecule has 3 heterocycles. The first-order chi connectivity index (χ1) is 12.2. The first-order valence-electron chi connectivity index (χ1n) is 8.23. The van der Waals surface area contributed by atoms with E-state index in [2.05, 4.69) is 27.0 Å². The Balaban J connectivity index is 1.50. The van der Waals surface area contributed by atoms with Crippen LogP contribution in [0.5, 0.6) is 5.75 Å². The Labute approximate surface area is 145 Å². The Bertz CT molecular complexity index is 915. The average Bonchev–Trinajstić information content (AvgIpc) is 2.67. The lowest BCUT2D eigenvalue weighted by atomic mass is 10.1. The van der Waals surface area contributed by atoms with Crippen LogP contribution >= 0.6 is 0 Å². The van der Waals surface area contributed by atoms with Crippen molar-refractivity contribution in [3.63, 3.8) is 0 Å². The summed E-state index contributed by atoms with van der Waals surface area (Å²) in [5.41, 5.74) is 1.52. The predicted molar refractivity (Wildman–Crippen MR) is 95.8 cm³/mol. The van der Waals surface area contributed by atoms with Crippen LogP contribution < -0.4 is 4.90 Å². The van der Waals surface area contributed by atoms with Gasteiger partial charge in [0, 0.05) is 49.3 Å². The van der Waals surface area contributed by atoms with Gasteiger partial charge in [0.05, 0.1) is 23.6 Å². The molecule has 0 atom stereocenters. The second-order valence-electron chi connectivity index (χ2n) is 6.09. The van der Waals surface area contributed by atoms with Crippen LogP contribution in [-0.4, -0.2) is 52.1 Å². The second kappa shape index (κ2) is 6.39. The summed E-state index contributed by atoms with van der Waals surface area (Å²) in [5.74, 6) is -0.0922. The Hall–Kier alpha value is -3.15. The Morgan fingerprint density at radius 3 is 2.52 bits per heavy atom. The molecule has 4 rings (SSSR count). The summed E-state index contributed by atoms with van der Waals surface area (Å²) in [5, 5.41) is 11.8. The number of piperazine rings is 1. The van der Waals surface area contributed by atoms with Crippen molar-refractivity contribution in [1.82, 2.24) is 14.9 Å². The van der Waals surface area contributed by atoms with Crippen LogP contribution in [0.25, 0.3) is 10.8 Å². The number of carbonyl (C=O) groups excluding carboxylic acids is 1. The van der Waals surface area contributed by atoms with Gasteiger partial charge in [-0.2, -0.15) is 0 Å². The molecule has 6 heteroatoms. The zero-order valence-corrected chi connectivity index (χ0v) is 13.7. The van der Waals surface area contributed by atoms with E-state index in [9.17, 15) is 9.90 Å². The molecule has 0 radical (unpaired) electrons. The number of aromatic hydroxyl groups is 1. The van der Waals surface area contributed by atoms with Crippen LogP contribution in [0, 0.1) is 0 Å². The SMILES string of the molecule is O=C(c1cncc(O)c1)N1CCN(c2cncc3ccccc23)CC1. The van der Waals surface area contributed by atoms with Gasteiger partial charge in [-0.1, -0.05) is 24.3 Å². The molecule has 0 spiro atoms. The zero-order valence-electron chi connectivity index (χ0n) is 13.7. The summed E-state index contributed by atoms with van der Waals surface area (Å²) >= 11 is 0. The molecule has 1 aromatic carbocycles. The van der Waals surface area contributed by atoms with E-state index < -0.39 is 0 Å². The molecule has 6 nitrogen and oxygen atoms in total. The van der Waals surface area contributed by atoms with E-state index in [0.717, 1.165) is 24.2 Å². The molecule has 1 saturated heterocycles. The molecule has 1 N–H and O–H groups in total. The summed E-state index contributed by atoms with van der Waals surface area (Å²) in [6.07, 6.45) is 6.57. The van der Waals surface area contributed by atoms with Crippen molar-refractivity contribution in [2.24, 2.45) is 0 Å². The molecule has 25 heavy (non-hydrogen) atoms. The van der Waals surface area contributed by atoms with Crippen LogP contribution in [0.3, 0.4) is 0 Å². The highest BCUT2D eigenvalue weighted by atomic mass is 16.3. The van der Waals surface area contributed by atoms with E-state index in [0.29, 0.717) is 18.7 Å². The van der Waals surface area contributed by atoms with E-state index in [1.807, 2.05) is 24.5 Å². The van der Waals surface area contributed by atoms with Crippen LogP contribution in [-0.2, 0) is 0 Å². The van der Waals surface area contributed by atoms with Gasteiger partial charge in [-0.3, -0.25) is 14.8 Å². The van der Waals surface area contributed by atoms with Crippen molar-refractivity contribution in [3.05, 3.63) is 60.7 Å². The van der Waals surface area contributed by atoms with Crippen molar-refractivity contribution in [1.29, 1.82) is 0 Å². The van der Waals surface area contributed by atoms with Gasteiger partial charge >= 0.3 is 0 Å². The van der Waals surface area contributed by atoms with Crippen LogP contribution in [0.15, 0.2) is 55.1 Å². The van der Waals surface area contributed by atoms with E-state index >= 15 is 0 Å². The number of hydrogen-bond donors (Lipinski definition) is 1. The number of fused-ring (bicyclic) bond motifs is 1. The number of benzene rings is 1. The fraction of sp³-hybridized carbons (Fsp3) is 0.211. The smallest absolute Gasteiger partial charge is 0.255 e. The topological polar surface area (TPSA) is 69.6 Å². The molecule has 0 aliphatic carbocycles. The molecular formula is C19H18N4O2.